The van der Waals surface area contributed by atoms with Gasteiger partial charge in [-0.05, 0) is 49.8 Å². The molecule has 1 aliphatic carbocycles. The van der Waals surface area contributed by atoms with Crippen molar-refractivity contribution in [2.24, 2.45) is 5.92 Å². The number of nitrogens with one attached hydrogen (secondary N) is 2. The van der Waals surface area contributed by atoms with Crippen LogP contribution in [0.5, 0.6) is 0 Å². The van der Waals surface area contributed by atoms with Crippen molar-refractivity contribution in [1.29, 1.82) is 0 Å². The molecule has 0 saturated heterocycles. The molecule has 0 atom stereocenters. The summed E-state index contributed by atoms with van der Waals surface area (Å²) >= 11 is 6.01. The van der Waals surface area contributed by atoms with Crippen LogP contribution in [-0.4, -0.2) is 19.0 Å². The van der Waals surface area contributed by atoms with Crippen LogP contribution in [0.1, 0.15) is 55.8 Å². The number of hydrogen-bond acceptors (Lipinski definition) is 2. The zero-order valence-corrected chi connectivity index (χ0v) is 13.7. The third-order valence-electron chi connectivity index (χ3n) is 4.37. The van der Waals surface area contributed by atoms with E-state index in [2.05, 4.69) is 17.6 Å². The van der Waals surface area contributed by atoms with Crippen molar-refractivity contribution in [3.05, 3.63) is 28.8 Å². The molecule has 4 heteroatoms. The SMILES string of the molecule is CCCC1CCC(NC(=O)c2cc(Cl)ccc2NC)CC1. The zero-order valence-electron chi connectivity index (χ0n) is 12.9. The maximum absolute atomic E-state index is 12.4. The number of hydrogen-bond donors (Lipinski definition) is 2. The van der Waals surface area contributed by atoms with Crippen LogP contribution < -0.4 is 10.6 Å². The van der Waals surface area contributed by atoms with Crippen LogP contribution >= 0.6 is 11.6 Å². The molecule has 1 aromatic rings. The summed E-state index contributed by atoms with van der Waals surface area (Å²) in [4.78, 5) is 12.4. The van der Waals surface area contributed by atoms with Crippen LogP contribution in [0.3, 0.4) is 0 Å². The fraction of sp³-hybridized carbons (Fsp3) is 0.588. The molecular formula is C17H25ClN2O. The van der Waals surface area contributed by atoms with Crippen LogP contribution in [0, 0.1) is 5.92 Å². The van der Waals surface area contributed by atoms with Gasteiger partial charge < -0.3 is 10.6 Å². The smallest absolute Gasteiger partial charge is 0.253 e. The fourth-order valence-electron chi connectivity index (χ4n) is 3.19. The average Bonchev–Trinajstić information content (AvgIpc) is 2.49. The first-order valence-electron chi connectivity index (χ1n) is 7.92. The molecule has 0 aliphatic heterocycles. The summed E-state index contributed by atoms with van der Waals surface area (Å²) in [6.07, 6.45) is 7.22. The van der Waals surface area contributed by atoms with Gasteiger partial charge in [0.2, 0.25) is 0 Å². The molecule has 1 aromatic carbocycles. The van der Waals surface area contributed by atoms with Gasteiger partial charge in [-0.3, -0.25) is 4.79 Å². The average molecular weight is 309 g/mol. The lowest BCUT2D eigenvalue weighted by Gasteiger charge is -2.29. The minimum absolute atomic E-state index is 0.0270. The quantitative estimate of drug-likeness (QED) is 0.842. The van der Waals surface area contributed by atoms with Gasteiger partial charge in [0.15, 0.2) is 0 Å². The Hall–Kier alpha value is -1.22. The van der Waals surface area contributed by atoms with E-state index >= 15 is 0 Å². The summed E-state index contributed by atoms with van der Waals surface area (Å²) < 4.78 is 0. The van der Waals surface area contributed by atoms with Crippen LogP contribution in [0.25, 0.3) is 0 Å². The van der Waals surface area contributed by atoms with Gasteiger partial charge in [-0.1, -0.05) is 31.4 Å². The number of rotatable bonds is 5. The number of amides is 1. The molecule has 1 amide bonds. The van der Waals surface area contributed by atoms with Crippen molar-refractivity contribution in [2.45, 2.75) is 51.5 Å². The van der Waals surface area contributed by atoms with Crippen molar-refractivity contribution in [1.82, 2.24) is 5.32 Å². The molecule has 2 rings (SSSR count). The van der Waals surface area contributed by atoms with Gasteiger partial charge in [-0.15, -0.1) is 0 Å². The first-order chi connectivity index (χ1) is 10.1. The van der Waals surface area contributed by atoms with Gasteiger partial charge in [0.25, 0.3) is 5.91 Å². The topological polar surface area (TPSA) is 41.1 Å². The predicted molar refractivity (Wildman–Crippen MR) is 89.1 cm³/mol. The molecule has 1 saturated carbocycles. The summed E-state index contributed by atoms with van der Waals surface area (Å²) in [7, 11) is 1.82. The lowest BCUT2D eigenvalue weighted by molar-refractivity contribution is 0.0922. The molecule has 21 heavy (non-hydrogen) atoms. The molecule has 0 aromatic heterocycles. The van der Waals surface area contributed by atoms with Gasteiger partial charge in [-0.25, -0.2) is 0 Å². The fourth-order valence-corrected chi connectivity index (χ4v) is 3.36. The van der Waals surface area contributed by atoms with Crippen molar-refractivity contribution < 1.29 is 4.79 Å². The van der Waals surface area contributed by atoms with E-state index in [1.54, 1.807) is 12.1 Å². The Kier molecular flexibility index (Phi) is 5.92. The van der Waals surface area contributed by atoms with Gasteiger partial charge in [0.05, 0.1) is 5.56 Å². The highest BCUT2D eigenvalue weighted by atomic mass is 35.5. The van der Waals surface area contributed by atoms with E-state index in [4.69, 9.17) is 11.6 Å². The van der Waals surface area contributed by atoms with E-state index in [1.165, 1.54) is 25.7 Å². The highest BCUT2D eigenvalue weighted by Crippen LogP contribution is 2.28. The second kappa shape index (κ2) is 7.69. The van der Waals surface area contributed by atoms with Gasteiger partial charge in [0.1, 0.15) is 0 Å². The second-order valence-electron chi connectivity index (χ2n) is 5.92. The number of carbonyl (C=O) groups excluding carboxylic acids is 1. The van der Waals surface area contributed by atoms with E-state index < -0.39 is 0 Å². The molecule has 0 heterocycles. The molecule has 0 bridgehead atoms. The third-order valence-corrected chi connectivity index (χ3v) is 4.61. The first-order valence-corrected chi connectivity index (χ1v) is 8.30. The summed E-state index contributed by atoms with van der Waals surface area (Å²) in [6, 6.07) is 5.66. The maximum atomic E-state index is 12.4. The summed E-state index contributed by atoms with van der Waals surface area (Å²) in [5.74, 6) is 0.822. The summed E-state index contributed by atoms with van der Waals surface area (Å²) in [6.45, 7) is 2.24. The minimum Gasteiger partial charge on any atom is -0.387 e. The Bertz CT molecular complexity index is 482. The Morgan fingerprint density at radius 3 is 2.62 bits per heavy atom. The molecule has 2 N–H and O–H groups in total. The monoisotopic (exact) mass is 308 g/mol. The lowest BCUT2D eigenvalue weighted by atomic mass is 9.83. The Morgan fingerprint density at radius 2 is 2.00 bits per heavy atom. The van der Waals surface area contributed by atoms with Gasteiger partial charge in [-0.2, -0.15) is 0 Å². The number of halogens is 1. The number of carbonyl (C=O) groups is 1. The summed E-state index contributed by atoms with van der Waals surface area (Å²) in [5.41, 5.74) is 1.44. The Morgan fingerprint density at radius 1 is 1.29 bits per heavy atom. The molecular weight excluding hydrogens is 284 g/mol. The molecule has 0 unspecified atom stereocenters. The first kappa shape index (κ1) is 16.2. The van der Waals surface area contributed by atoms with Crippen molar-refractivity contribution in [2.75, 3.05) is 12.4 Å². The van der Waals surface area contributed by atoms with Gasteiger partial charge >= 0.3 is 0 Å². The van der Waals surface area contributed by atoms with E-state index in [9.17, 15) is 4.79 Å². The van der Waals surface area contributed by atoms with E-state index in [0.717, 1.165) is 24.4 Å². The number of anilines is 1. The molecule has 0 spiro atoms. The van der Waals surface area contributed by atoms with Gasteiger partial charge in [0, 0.05) is 23.8 Å². The second-order valence-corrected chi connectivity index (χ2v) is 6.36. The van der Waals surface area contributed by atoms with Crippen LogP contribution in [-0.2, 0) is 0 Å². The maximum Gasteiger partial charge on any atom is 0.253 e. The standard InChI is InChI=1S/C17H25ClN2O/c1-3-4-12-5-8-14(9-6-12)20-17(21)15-11-13(18)7-10-16(15)19-2/h7,10-12,14,19H,3-6,8-9H2,1-2H3,(H,20,21). The van der Waals surface area contributed by atoms with Crippen molar-refractivity contribution in [3.63, 3.8) is 0 Å². The number of benzene rings is 1. The minimum atomic E-state index is -0.0270. The van der Waals surface area contributed by atoms with Crippen molar-refractivity contribution >= 4 is 23.2 Å². The third kappa shape index (κ3) is 4.37. The Labute approximate surface area is 132 Å². The van der Waals surface area contributed by atoms with Crippen molar-refractivity contribution in [3.8, 4) is 0 Å². The Balaban J connectivity index is 1.95. The summed E-state index contributed by atoms with van der Waals surface area (Å²) in [5, 5.41) is 6.80. The zero-order chi connectivity index (χ0) is 15.2. The van der Waals surface area contributed by atoms with E-state index in [0.29, 0.717) is 16.6 Å². The molecule has 0 radical (unpaired) electrons. The van der Waals surface area contributed by atoms with Crippen LogP contribution in [0.2, 0.25) is 5.02 Å². The highest BCUT2D eigenvalue weighted by Gasteiger charge is 2.23. The lowest BCUT2D eigenvalue weighted by Crippen LogP contribution is -2.37. The molecule has 116 valence electrons. The van der Waals surface area contributed by atoms with Crippen LogP contribution in [0.15, 0.2) is 18.2 Å². The van der Waals surface area contributed by atoms with E-state index in [1.807, 2.05) is 13.1 Å². The largest absolute Gasteiger partial charge is 0.387 e. The highest BCUT2D eigenvalue weighted by molar-refractivity contribution is 6.31. The molecule has 1 fully saturated rings. The molecule has 1 aliphatic rings. The normalized spacial score (nSPS) is 21.9. The molecule has 3 nitrogen and oxygen atoms in total. The van der Waals surface area contributed by atoms with Crippen LogP contribution in [0.4, 0.5) is 5.69 Å². The van der Waals surface area contributed by atoms with E-state index in [-0.39, 0.29) is 5.91 Å². The predicted octanol–water partition coefficient (Wildman–Crippen LogP) is 4.47.